The zero-order valence-corrected chi connectivity index (χ0v) is 34.9. The van der Waals surface area contributed by atoms with Crippen molar-refractivity contribution in [3.05, 3.63) is 151 Å². The van der Waals surface area contributed by atoms with E-state index in [4.69, 9.17) is 4.98 Å². The number of benzene rings is 3. The van der Waals surface area contributed by atoms with E-state index >= 15 is 0 Å². The van der Waals surface area contributed by atoms with Crippen LogP contribution in [0.5, 0.6) is 0 Å². The SMILES string of the molecule is CC(C)(C)c1ccc(-c2c3nc(c4cc([N+](=O)[O-])c([nH]4)c(-c4ccc(C(C)(C)C)cc4)c4ccc([nH]4)c(-c4ccc(C(C)(C)C)cc4)c4ccc2[nH]4)C=C3[N+](=O)[O-])cc1. The second-order valence-corrected chi connectivity index (χ2v) is 18.5. The Kier molecular flexibility index (Phi) is 9.22. The smallest absolute Gasteiger partial charge is 0.297 e. The van der Waals surface area contributed by atoms with E-state index in [0.29, 0.717) is 22.2 Å². The van der Waals surface area contributed by atoms with Crippen LogP contribution in [-0.2, 0) is 16.2 Å². The lowest BCUT2D eigenvalue weighted by Crippen LogP contribution is -2.10. The van der Waals surface area contributed by atoms with Crippen LogP contribution in [0, 0.1) is 20.2 Å². The maximum absolute atomic E-state index is 12.9. The van der Waals surface area contributed by atoms with E-state index in [2.05, 4.69) is 102 Å². The number of hydrogen-bond donors (Lipinski definition) is 3. The number of nitrogens with one attached hydrogen (secondary N) is 3. The Morgan fingerprint density at radius 2 is 0.864 bits per heavy atom. The van der Waals surface area contributed by atoms with Crippen molar-refractivity contribution in [2.75, 3.05) is 0 Å². The molecule has 1 aliphatic rings. The lowest BCUT2D eigenvalue weighted by atomic mass is 9.86. The Hall–Kier alpha value is -6.81. The first-order valence-electron chi connectivity index (χ1n) is 19.8. The Labute approximate surface area is 342 Å². The molecule has 10 heteroatoms. The van der Waals surface area contributed by atoms with Gasteiger partial charge in [0, 0.05) is 50.9 Å². The number of H-pyrrole nitrogens is 3. The van der Waals surface area contributed by atoms with Gasteiger partial charge >= 0.3 is 0 Å². The van der Waals surface area contributed by atoms with Gasteiger partial charge in [0.2, 0.25) is 0 Å². The molecule has 0 spiro atoms. The van der Waals surface area contributed by atoms with Crippen molar-refractivity contribution >= 4 is 50.6 Å². The average molecular weight is 785 g/mol. The molecule has 0 atom stereocenters. The van der Waals surface area contributed by atoms with E-state index in [-0.39, 0.29) is 50.1 Å². The van der Waals surface area contributed by atoms with Gasteiger partial charge in [-0.15, -0.1) is 0 Å². The van der Waals surface area contributed by atoms with Crippen molar-refractivity contribution in [3.8, 4) is 33.4 Å². The molecule has 59 heavy (non-hydrogen) atoms. The number of nitro groups is 2. The van der Waals surface area contributed by atoms with E-state index in [9.17, 15) is 20.2 Å². The number of aromatic amines is 3. The summed E-state index contributed by atoms with van der Waals surface area (Å²) in [4.78, 5) is 40.6. The summed E-state index contributed by atoms with van der Waals surface area (Å²) in [5.41, 5.74) is 10.8. The van der Waals surface area contributed by atoms with Gasteiger partial charge in [-0.3, -0.25) is 20.2 Å². The summed E-state index contributed by atoms with van der Waals surface area (Å²) < 4.78 is 0. The van der Waals surface area contributed by atoms with Gasteiger partial charge in [-0.05, 0) is 73.9 Å². The average Bonchev–Trinajstić information content (AvgIpc) is 3.99. The maximum Gasteiger partial charge on any atom is 0.297 e. The number of hydrogen-bond acceptors (Lipinski definition) is 5. The van der Waals surface area contributed by atoms with Crippen molar-refractivity contribution < 1.29 is 9.85 Å². The van der Waals surface area contributed by atoms with Crippen LogP contribution >= 0.6 is 0 Å². The van der Waals surface area contributed by atoms with Crippen molar-refractivity contribution in [2.45, 2.75) is 78.6 Å². The molecular formula is C49H48N6O4. The van der Waals surface area contributed by atoms with Crippen LogP contribution in [0.4, 0.5) is 5.69 Å². The third kappa shape index (κ3) is 7.20. The minimum atomic E-state index is -0.441. The predicted molar refractivity (Wildman–Crippen MR) is 240 cm³/mol. The molecule has 8 rings (SSSR count). The molecule has 0 radical (unpaired) electrons. The van der Waals surface area contributed by atoms with Crippen LogP contribution in [0.2, 0.25) is 0 Å². The molecule has 4 aromatic heterocycles. The second kappa shape index (κ2) is 13.9. The van der Waals surface area contributed by atoms with Crippen LogP contribution in [0.1, 0.15) is 90.4 Å². The minimum absolute atomic E-state index is 0.0628. The van der Waals surface area contributed by atoms with Crippen molar-refractivity contribution in [3.63, 3.8) is 0 Å². The molecule has 8 bridgehead atoms. The summed E-state index contributed by atoms with van der Waals surface area (Å²) in [6, 6.07) is 33.9. The van der Waals surface area contributed by atoms with Crippen LogP contribution in [0.3, 0.4) is 0 Å². The molecule has 10 nitrogen and oxygen atoms in total. The fourth-order valence-corrected chi connectivity index (χ4v) is 7.88. The molecule has 7 aromatic rings. The molecule has 0 saturated heterocycles. The lowest BCUT2D eigenvalue weighted by molar-refractivity contribution is -0.382. The summed E-state index contributed by atoms with van der Waals surface area (Å²) in [5, 5.41) is 25.9. The number of nitrogens with zero attached hydrogens (tertiary/aromatic N) is 3. The molecule has 3 N–H and O–H groups in total. The Balaban J connectivity index is 1.57. The summed E-state index contributed by atoms with van der Waals surface area (Å²) in [6.45, 7) is 19.4. The Morgan fingerprint density at radius 1 is 0.475 bits per heavy atom. The van der Waals surface area contributed by atoms with Crippen molar-refractivity contribution in [1.29, 1.82) is 0 Å². The standard InChI is InChI=1S/C49H48N6O4/c1-47(2,3)31-16-10-28(11-17-31)42-34-22-24-36(50-34)43(29-12-18-32(19-13-29)48(4,5)6)45-40(54(56)57)26-38(52-45)39-27-41(55(58)59)46(53-39)44(37-25-23-35(42)51-37)30-14-20-33(21-15-30)49(7,8)9/h10-27,50-52H,1-9H3. The summed E-state index contributed by atoms with van der Waals surface area (Å²) in [6.07, 6.45) is 1.40. The number of aromatic nitrogens is 4. The highest BCUT2D eigenvalue weighted by molar-refractivity contribution is 6.03. The topological polar surface area (TPSA) is 147 Å². The predicted octanol–water partition coefficient (Wildman–Crippen LogP) is 13.1. The fraction of sp³-hybridized carbons (Fsp3) is 0.245. The zero-order valence-electron chi connectivity index (χ0n) is 34.9. The quantitative estimate of drug-likeness (QED) is 0.117. The van der Waals surface area contributed by atoms with E-state index in [1.807, 2.05) is 72.8 Å². The van der Waals surface area contributed by atoms with Gasteiger partial charge in [-0.2, -0.15) is 0 Å². The van der Waals surface area contributed by atoms with Gasteiger partial charge < -0.3 is 15.0 Å². The first-order chi connectivity index (χ1) is 27.8. The highest BCUT2D eigenvalue weighted by atomic mass is 16.6. The summed E-state index contributed by atoms with van der Waals surface area (Å²) in [5.74, 6) is 0. The normalized spacial score (nSPS) is 12.9. The second-order valence-electron chi connectivity index (χ2n) is 18.5. The molecule has 1 aliphatic heterocycles. The molecule has 298 valence electrons. The molecular weight excluding hydrogens is 737 g/mol. The monoisotopic (exact) mass is 784 g/mol. The lowest BCUT2D eigenvalue weighted by Gasteiger charge is -2.19. The van der Waals surface area contributed by atoms with Crippen molar-refractivity contribution in [2.24, 2.45) is 0 Å². The summed E-state index contributed by atoms with van der Waals surface area (Å²) >= 11 is 0. The third-order valence-corrected chi connectivity index (χ3v) is 11.3. The highest BCUT2D eigenvalue weighted by Gasteiger charge is 2.30. The Morgan fingerprint density at radius 3 is 1.27 bits per heavy atom. The molecule has 0 aliphatic carbocycles. The third-order valence-electron chi connectivity index (χ3n) is 11.3. The maximum atomic E-state index is 12.9. The number of fused-ring (bicyclic) bond motifs is 9. The highest BCUT2D eigenvalue weighted by Crippen LogP contribution is 2.41. The largest absolute Gasteiger partial charge is 0.354 e. The fourth-order valence-electron chi connectivity index (χ4n) is 7.88. The molecule has 0 fully saturated rings. The van der Waals surface area contributed by atoms with E-state index in [1.165, 1.54) is 17.7 Å². The van der Waals surface area contributed by atoms with Gasteiger partial charge in [0.25, 0.3) is 11.4 Å². The van der Waals surface area contributed by atoms with Gasteiger partial charge in [-0.25, -0.2) is 4.98 Å². The molecule has 0 amide bonds. The minimum Gasteiger partial charge on any atom is -0.354 e. The van der Waals surface area contributed by atoms with Crippen LogP contribution in [-0.4, -0.2) is 29.8 Å². The van der Waals surface area contributed by atoms with Crippen LogP contribution in [0.15, 0.2) is 103 Å². The van der Waals surface area contributed by atoms with Crippen LogP contribution in [0.25, 0.3) is 78.3 Å². The van der Waals surface area contributed by atoms with E-state index in [0.717, 1.165) is 44.4 Å². The number of rotatable bonds is 5. The van der Waals surface area contributed by atoms with E-state index < -0.39 is 9.85 Å². The van der Waals surface area contributed by atoms with Gasteiger partial charge in [0.1, 0.15) is 5.52 Å². The first-order valence-corrected chi connectivity index (χ1v) is 19.8. The summed E-state index contributed by atoms with van der Waals surface area (Å²) in [7, 11) is 0. The van der Waals surface area contributed by atoms with Gasteiger partial charge in [0.15, 0.2) is 5.69 Å². The van der Waals surface area contributed by atoms with Crippen molar-refractivity contribution in [1.82, 2.24) is 19.9 Å². The molecule has 3 aromatic carbocycles. The Bertz CT molecular complexity index is 2960. The van der Waals surface area contributed by atoms with E-state index in [1.54, 1.807) is 0 Å². The molecule has 0 saturated carbocycles. The molecule has 0 unspecified atom stereocenters. The van der Waals surface area contributed by atoms with Crippen LogP contribution < -0.4 is 0 Å². The molecule has 5 heterocycles. The van der Waals surface area contributed by atoms with Gasteiger partial charge in [0.05, 0.1) is 21.1 Å². The van der Waals surface area contributed by atoms with Gasteiger partial charge in [-0.1, -0.05) is 135 Å². The zero-order chi connectivity index (χ0) is 42.2. The first kappa shape index (κ1) is 39.0.